The fourth-order valence-corrected chi connectivity index (χ4v) is 1.23. The third-order valence-electron chi connectivity index (χ3n) is 2.09. The molecule has 1 atom stereocenters. The molecule has 1 unspecified atom stereocenters. The SMILES string of the molecule is CC(=O)ONC(CCCCCCN)C(=O)O. The molecule has 0 radical (unpaired) electrons. The van der Waals surface area contributed by atoms with E-state index >= 15 is 0 Å². The fourth-order valence-electron chi connectivity index (χ4n) is 1.23. The maximum Gasteiger partial charge on any atom is 0.324 e. The summed E-state index contributed by atoms with van der Waals surface area (Å²) in [6.45, 7) is 1.88. The number of aliphatic carboxylic acids is 1. The van der Waals surface area contributed by atoms with Gasteiger partial charge in [0.15, 0.2) is 0 Å². The number of hydrogen-bond donors (Lipinski definition) is 3. The highest BCUT2D eigenvalue weighted by Gasteiger charge is 2.17. The molecule has 0 bridgehead atoms. The normalized spacial score (nSPS) is 12.1. The monoisotopic (exact) mass is 232 g/mol. The third kappa shape index (κ3) is 8.19. The number of nitrogens with two attached hydrogens (primary N) is 1. The van der Waals surface area contributed by atoms with Crippen molar-refractivity contribution in [3.05, 3.63) is 0 Å². The molecule has 0 aliphatic heterocycles. The summed E-state index contributed by atoms with van der Waals surface area (Å²) in [7, 11) is 0. The Bertz CT molecular complexity index is 221. The van der Waals surface area contributed by atoms with E-state index in [1.807, 2.05) is 0 Å². The van der Waals surface area contributed by atoms with Gasteiger partial charge < -0.3 is 15.7 Å². The molecule has 6 nitrogen and oxygen atoms in total. The predicted molar refractivity (Wildman–Crippen MR) is 58.5 cm³/mol. The van der Waals surface area contributed by atoms with Crippen molar-refractivity contribution in [2.24, 2.45) is 5.73 Å². The molecule has 16 heavy (non-hydrogen) atoms. The van der Waals surface area contributed by atoms with Crippen LogP contribution >= 0.6 is 0 Å². The molecular weight excluding hydrogens is 212 g/mol. The van der Waals surface area contributed by atoms with Gasteiger partial charge in [-0.3, -0.25) is 9.59 Å². The molecule has 0 amide bonds. The lowest BCUT2D eigenvalue weighted by atomic mass is 10.1. The fraction of sp³-hybridized carbons (Fsp3) is 0.800. The standard InChI is InChI=1S/C10H20N2O4/c1-8(13)16-12-9(10(14)15)6-4-2-3-5-7-11/h9,12H,2-7,11H2,1H3,(H,14,15). The van der Waals surface area contributed by atoms with Crippen molar-refractivity contribution in [2.75, 3.05) is 6.54 Å². The van der Waals surface area contributed by atoms with Gasteiger partial charge in [-0.15, -0.1) is 5.48 Å². The number of carboxylic acid groups (broad SMARTS) is 1. The number of nitrogens with one attached hydrogen (secondary N) is 1. The molecule has 0 saturated heterocycles. The summed E-state index contributed by atoms with van der Waals surface area (Å²) in [6.07, 6.45) is 4.09. The minimum atomic E-state index is -1.01. The van der Waals surface area contributed by atoms with Crippen molar-refractivity contribution in [2.45, 2.75) is 45.1 Å². The number of carbonyl (C=O) groups is 2. The van der Waals surface area contributed by atoms with Gasteiger partial charge in [-0.05, 0) is 19.4 Å². The largest absolute Gasteiger partial charge is 0.480 e. The average molecular weight is 232 g/mol. The molecule has 0 aliphatic rings. The highest BCUT2D eigenvalue weighted by Crippen LogP contribution is 2.05. The van der Waals surface area contributed by atoms with Crippen LogP contribution < -0.4 is 11.2 Å². The number of carbonyl (C=O) groups excluding carboxylic acids is 1. The van der Waals surface area contributed by atoms with Crippen molar-refractivity contribution in [1.29, 1.82) is 0 Å². The third-order valence-corrected chi connectivity index (χ3v) is 2.09. The van der Waals surface area contributed by atoms with E-state index in [1.165, 1.54) is 6.92 Å². The van der Waals surface area contributed by atoms with Crippen LogP contribution in [0.3, 0.4) is 0 Å². The van der Waals surface area contributed by atoms with E-state index in [4.69, 9.17) is 10.8 Å². The molecule has 0 aliphatic carbocycles. The second kappa shape index (κ2) is 9.11. The van der Waals surface area contributed by atoms with Gasteiger partial charge in [0.25, 0.3) is 0 Å². The topological polar surface area (TPSA) is 102 Å². The van der Waals surface area contributed by atoms with Gasteiger partial charge in [0.05, 0.1) is 0 Å². The summed E-state index contributed by atoms with van der Waals surface area (Å²) in [5, 5.41) is 8.82. The summed E-state index contributed by atoms with van der Waals surface area (Å²) >= 11 is 0. The lowest BCUT2D eigenvalue weighted by Crippen LogP contribution is -2.37. The number of unbranched alkanes of at least 4 members (excludes halogenated alkanes) is 3. The van der Waals surface area contributed by atoms with Crippen LogP contribution in [0.5, 0.6) is 0 Å². The summed E-state index contributed by atoms with van der Waals surface area (Å²) in [5.74, 6) is -1.56. The van der Waals surface area contributed by atoms with E-state index in [-0.39, 0.29) is 0 Å². The van der Waals surface area contributed by atoms with Crippen LogP contribution in [0.2, 0.25) is 0 Å². The number of carboxylic acids is 1. The quantitative estimate of drug-likeness (QED) is 0.393. The van der Waals surface area contributed by atoms with E-state index in [0.29, 0.717) is 13.0 Å². The van der Waals surface area contributed by atoms with Gasteiger partial charge in [-0.25, -0.2) is 0 Å². The van der Waals surface area contributed by atoms with Gasteiger partial charge in [-0.1, -0.05) is 19.3 Å². The van der Waals surface area contributed by atoms with E-state index in [2.05, 4.69) is 10.3 Å². The predicted octanol–water partition coefficient (Wildman–Crippen LogP) is 0.417. The van der Waals surface area contributed by atoms with Crippen LogP contribution in [0, 0.1) is 0 Å². The number of rotatable bonds is 9. The van der Waals surface area contributed by atoms with Crippen LogP contribution in [-0.4, -0.2) is 29.6 Å². The first-order chi connectivity index (χ1) is 7.57. The van der Waals surface area contributed by atoms with Gasteiger partial charge in [0, 0.05) is 6.92 Å². The minimum Gasteiger partial charge on any atom is -0.480 e. The lowest BCUT2D eigenvalue weighted by molar-refractivity contribution is -0.156. The van der Waals surface area contributed by atoms with Crippen molar-refractivity contribution in [3.63, 3.8) is 0 Å². The first-order valence-corrected chi connectivity index (χ1v) is 5.43. The zero-order valence-electron chi connectivity index (χ0n) is 9.57. The Balaban J connectivity index is 3.68. The zero-order chi connectivity index (χ0) is 12.4. The van der Waals surface area contributed by atoms with Crippen LogP contribution in [0.1, 0.15) is 39.0 Å². The Morgan fingerprint density at radius 2 is 1.94 bits per heavy atom. The second-order valence-corrected chi connectivity index (χ2v) is 3.59. The summed E-state index contributed by atoms with van der Waals surface area (Å²) in [5.41, 5.74) is 7.57. The number of hydroxylamine groups is 1. The Morgan fingerprint density at radius 3 is 2.44 bits per heavy atom. The molecule has 0 rings (SSSR count). The zero-order valence-corrected chi connectivity index (χ0v) is 9.57. The van der Waals surface area contributed by atoms with Gasteiger partial charge in [-0.2, -0.15) is 0 Å². The minimum absolute atomic E-state index is 0.438. The molecule has 4 N–H and O–H groups in total. The van der Waals surface area contributed by atoms with Crippen molar-refractivity contribution in [3.8, 4) is 0 Å². The van der Waals surface area contributed by atoms with Gasteiger partial charge in [0.2, 0.25) is 0 Å². The molecular formula is C10H20N2O4. The van der Waals surface area contributed by atoms with Crippen molar-refractivity contribution >= 4 is 11.9 Å². The summed E-state index contributed by atoms with van der Waals surface area (Å²) in [4.78, 5) is 25.7. The summed E-state index contributed by atoms with van der Waals surface area (Å²) in [6, 6.07) is -0.832. The molecule has 94 valence electrons. The van der Waals surface area contributed by atoms with E-state index in [0.717, 1.165) is 25.7 Å². The summed E-state index contributed by atoms with van der Waals surface area (Å²) < 4.78 is 0. The highest BCUT2D eigenvalue weighted by molar-refractivity contribution is 5.73. The van der Waals surface area contributed by atoms with Crippen LogP contribution in [0.15, 0.2) is 0 Å². The molecule has 0 aromatic carbocycles. The molecule has 0 saturated carbocycles. The molecule has 0 aromatic rings. The maximum absolute atomic E-state index is 10.8. The molecule has 0 fully saturated rings. The molecule has 0 spiro atoms. The van der Waals surface area contributed by atoms with Crippen LogP contribution in [0.25, 0.3) is 0 Å². The van der Waals surface area contributed by atoms with Gasteiger partial charge in [0.1, 0.15) is 6.04 Å². The van der Waals surface area contributed by atoms with Crippen LogP contribution in [0.4, 0.5) is 0 Å². The molecule has 0 aromatic heterocycles. The van der Waals surface area contributed by atoms with Gasteiger partial charge >= 0.3 is 11.9 Å². The molecule has 0 heterocycles. The Labute approximate surface area is 95.1 Å². The first-order valence-electron chi connectivity index (χ1n) is 5.43. The second-order valence-electron chi connectivity index (χ2n) is 3.59. The first kappa shape index (κ1) is 14.9. The number of hydrogen-bond acceptors (Lipinski definition) is 5. The van der Waals surface area contributed by atoms with E-state index in [9.17, 15) is 9.59 Å². The lowest BCUT2D eigenvalue weighted by Gasteiger charge is -2.12. The Hall–Kier alpha value is -1.14. The van der Waals surface area contributed by atoms with Crippen molar-refractivity contribution in [1.82, 2.24) is 5.48 Å². The Kier molecular flexibility index (Phi) is 8.46. The van der Waals surface area contributed by atoms with Crippen LogP contribution in [-0.2, 0) is 14.4 Å². The van der Waals surface area contributed by atoms with E-state index in [1.54, 1.807) is 0 Å². The smallest absolute Gasteiger partial charge is 0.324 e. The highest BCUT2D eigenvalue weighted by atomic mass is 16.7. The van der Waals surface area contributed by atoms with E-state index < -0.39 is 18.0 Å². The molecule has 6 heteroatoms. The average Bonchev–Trinajstić information content (AvgIpc) is 2.21. The Morgan fingerprint density at radius 1 is 1.31 bits per heavy atom. The van der Waals surface area contributed by atoms with Crippen molar-refractivity contribution < 1.29 is 19.5 Å². The maximum atomic E-state index is 10.8.